The van der Waals surface area contributed by atoms with Gasteiger partial charge >= 0.3 is 5.97 Å². The molecule has 3 aromatic carbocycles. The average Bonchev–Trinajstić information content (AvgIpc) is 3.24. The van der Waals surface area contributed by atoms with Crippen molar-refractivity contribution in [2.45, 2.75) is 39.2 Å². The lowest BCUT2D eigenvalue weighted by atomic mass is 10.1. The maximum atomic E-state index is 12.5. The van der Waals surface area contributed by atoms with Gasteiger partial charge in [-0.05, 0) is 79.9 Å². The molecule has 0 radical (unpaired) electrons. The maximum Gasteiger partial charge on any atom is 0.349 e. The molecule has 5 rings (SSSR count). The summed E-state index contributed by atoms with van der Waals surface area (Å²) in [5.41, 5.74) is 2.26. The number of methoxy groups -OCH3 is 1. The van der Waals surface area contributed by atoms with Crippen LogP contribution in [0, 0.1) is 18.3 Å². The molecule has 9 heteroatoms. The highest BCUT2D eigenvalue weighted by Gasteiger charge is 2.18. The molecule has 0 saturated heterocycles. The smallest absolute Gasteiger partial charge is 0.349 e. The lowest BCUT2D eigenvalue weighted by molar-refractivity contribution is -0.136. The van der Waals surface area contributed by atoms with Crippen LogP contribution in [0.2, 0.25) is 0 Å². The minimum absolute atomic E-state index is 0.245. The number of nitriles is 1. The van der Waals surface area contributed by atoms with Crippen molar-refractivity contribution in [2.75, 3.05) is 13.7 Å². The minimum Gasteiger partial charge on any atom is -0.493 e. The predicted octanol–water partition coefficient (Wildman–Crippen LogP) is 6.16. The molecule has 0 aliphatic carbocycles. The van der Waals surface area contributed by atoms with Crippen molar-refractivity contribution >= 4 is 17.6 Å². The van der Waals surface area contributed by atoms with Gasteiger partial charge in [0.2, 0.25) is 0 Å². The van der Waals surface area contributed by atoms with Gasteiger partial charge in [-0.2, -0.15) is 5.26 Å². The van der Waals surface area contributed by atoms with Crippen LogP contribution < -0.4 is 18.9 Å². The molecule has 2 heterocycles. The first-order valence-corrected chi connectivity index (χ1v) is 13.4. The summed E-state index contributed by atoms with van der Waals surface area (Å²) >= 11 is 0. The van der Waals surface area contributed by atoms with Gasteiger partial charge in [-0.15, -0.1) is 10.2 Å². The number of allylic oxidation sites excluding steroid dienone is 1. The second kappa shape index (κ2) is 12.8. The van der Waals surface area contributed by atoms with Crippen molar-refractivity contribution in [2.24, 2.45) is 0 Å². The van der Waals surface area contributed by atoms with Gasteiger partial charge in [-0.25, -0.2) is 4.79 Å². The molecule has 0 atom stereocenters. The molecule has 0 spiro atoms. The average molecular weight is 551 g/mol. The van der Waals surface area contributed by atoms with E-state index in [1.54, 1.807) is 48.5 Å². The first kappa shape index (κ1) is 27.5. The number of hydrogen-bond acceptors (Lipinski definition) is 8. The number of rotatable bonds is 9. The van der Waals surface area contributed by atoms with E-state index in [4.69, 9.17) is 18.9 Å². The standard InChI is InChI=1S/C32H30N4O5/c1-22-7-10-26(11-8-22)40-27-14-12-25(13-15-27)39-21-31(37)41-28-16-9-23(19-29(28)38-2)18-24(20-33)32-35-34-30-6-4-3-5-17-36(30)32/h7-16,18-19H,3-6,17,21H2,1-2H3. The molecule has 4 aromatic rings. The maximum absolute atomic E-state index is 12.5. The van der Waals surface area contributed by atoms with Crippen molar-refractivity contribution in [1.82, 2.24) is 14.8 Å². The number of nitrogens with zero attached hydrogens (tertiary/aromatic N) is 4. The summed E-state index contributed by atoms with van der Waals surface area (Å²) in [6.45, 7) is 2.52. The number of hydrogen-bond donors (Lipinski definition) is 0. The van der Waals surface area contributed by atoms with Crippen molar-refractivity contribution in [3.05, 3.63) is 89.5 Å². The number of fused-ring (bicyclic) bond motifs is 1. The van der Waals surface area contributed by atoms with E-state index in [2.05, 4.69) is 16.3 Å². The van der Waals surface area contributed by atoms with Crippen LogP contribution in [0.15, 0.2) is 66.7 Å². The Morgan fingerprint density at radius 1 is 0.951 bits per heavy atom. The Balaban J connectivity index is 1.20. The third kappa shape index (κ3) is 6.92. The van der Waals surface area contributed by atoms with Gasteiger partial charge in [0, 0.05) is 13.0 Å². The van der Waals surface area contributed by atoms with E-state index in [1.165, 1.54) is 7.11 Å². The first-order chi connectivity index (χ1) is 20.0. The third-order valence-electron chi connectivity index (χ3n) is 6.63. The fourth-order valence-electron chi connectivity index (χ4n) is 4.50. The molecule has 1 aliphatic rings. The van der Waals surface area contributed by atoms with E-state index in [9.17, 15) is 10.1 Å². The lowest BCUT2D eigenvalue weighted by Gasteiger charge is -2.11. The molecular weight excluding hydrogens is 520 g/mol. The SMILES string of the molecule is COc1cc(C=C(C#N)c2nnc3n2CCCCC3)ccc1OC(=O)COc1ccc(Oc2ccc(C)cc2)cc1. The Labute approximate surface area is 238 Å². The molecule has 0 bridgehead atoms. The first-order valence-electron chi connectivity index (χ1n) is 13.4. The fraction of sp³-hybridized carbons (Fsp3) is 0.250. The van der Waals surface area contributed by atoms with Crippen molar-refractivity contribution in [3.63, 3.8) is 0 Å². The summed E-state index contributed by atoms with van der Waals surface area (Å²) in [6.07, 6.45) is 5.82. The molecule has 0 fully saturated rings. The van der Waals surface area contributed by atoms with Crippen LogP contribution in [-0.4, -0.2) is 34.5 Å². The van der Waals surface area contributed by atoms with E-state index in [0.29, 0.717) is 34.2 Å². The van der Waals surface area contributed by atoms with E-state index in [1.807, 2.05) is 35.8 Å². The Bertz CT molecular complexity index is 1580. The molecule has 0 amide bonds. The Morgan fingerprint density at radius 2 is 1.68 bits per heavy atom. The largest absolute Gasteiger partial charge is 0.493 e. The summed E-state index contributed by atoms with van der Waals surface area (Å²) < 4.78 is 24.4. The van der Waals surface area contributed by atoms with Crippen LogP contribution in [0.5, 0.6) is 28.7 Å². The van der Waals surface area contributed by atoms with Crippen molar-refractivity contribution in [3.8, 4) is 34.8 Å². The van der Waals surface area contributed by atoms with E-state index >= 15 is 0 Å². The predicted molar refractivity (Wildman–Crippen MR) is 153 cm³/mol. The van der Waals surface area contributed by atoms with Crippen LogP contribution in [0.25, 0.3) is 11.6 Å². The highest BCUT2D eigenvalue weighted by atomic mass is 16.6. The van der Waals surface area contributed by atoms with Gasteiger partial charge in [-0.1, -0.05) is 30.2 Å². The van der Waals surface area contributed by atoms with Gasteiger partial charge in [0.15, 0.2) is 23.9 Å². The number of carbonyl (C=O) groups is 1. The van der Waals surface area contributed by atoms with Gasteiger partial charge in [0.25, 0.3) is 0 Å². The Morgan fingerprint density at radius 3 is 2.41 bits per heavy atom. The van der Waals surface area contributed by atoms with Crippen LogP contribution in [0.4, 0.5) is 0 Å². The van der Waals surface area contributed by atoms with Crippen LogP contribution in [0.3, 0.4) is 0 Å². The quantitative estimate of drug-likeness (QED) is 0.138. The van der Waals surface area contributed by atoms with Crippen LogP contribution in [0.1, 0.15) is 42.0 Å². The van der Waals surface area contributed by atoms with Crippen LogP contribution in [-0.2, 0) is 17.8 Å². The fourth-order valence-corrected chi connectivity index (χ4v) is 4.50. The van der Waals surface area contributed by atoms with E-state index < -0.39 is 5.97 Å². The van der Waals surface area contributed by atoms with Crippen molar-refractivity contribution < 1.29 is 23.7 Å². The van der Waals surface area contributed by atoms with Crippen LogP contribution >= 0.6 is 0 Å². The third-order valence-corrected chi connectivity index (χ3v) is 6.63. The summed E-state index contributed by atoms with van der Waals surface area (Å²) in [5.74, 6) is 3.37. The highest BCUT2D eigenvalue weighted by molar-refractivity contribution is 5.87. The normalized spacial score (nSPS) is 13.0. The molecule has 0 unspecified atom stereocenters. The number of ether oxygens (including phenoxy) is 4. The number of aromatic nitrogens is 3. The molecule has 9 nitrogen and oxygen atoms in total. The van der Waals surface area contributed by atoms with E-state index in [0.717, 1.165) is 49.4 Å². The zero-order valence-corrected chi connectivity index (χ0v) is 23.0. The summed E-state index contributed by atoms with van der Waals surface area (Å²) in [4.78, 5) is 12.5. The Kier molecular flexibility index (Phi) is 8.60. The zero-order chi connectivity index (χ0) is 28.6. The van der Waals surface area contributed by atoms with Gasteiger partial charge in [0.1, 0.15) is 29.1 Å². The molecule has 1 aromatic heterocycles. The lowest BCUT2D eigenvalue weighted by Crippen LogP contribution is -2.18. The monoisotopic (exact) mass is 550 g/mol. The molecule has 208 valence electrons. The zero-order valence-electron chi connectivity index (χ0n) is 23.0. The van der Waals surface area contributed by atoms with Gasteiger partial charge in [0.05, 0.1) is 12.7 Å². The van der Waals surface area contributed by atoms with Gasteiger partial charge < -0.3 is 23.5 Å². The second-order valence-electron chi connectivity index (χ2n) is 9.63. The summed E-state index contributed by atoms with van der Waals surface area (Å²) in [7, 11) is 1.49. The van der Waals surface area contributed by atoms with Gasteiger partial charge in [-0.3, -0.25) is 0 Å². The number of carbonyl (C=O) groups excluding carboxylic acids is 1. The number of aryl methyl sites for hydroxylation is 2. The molecule has 0 saturated carbocycles. The Hall–Kier alpha value is -5.10. The molecular formula is C32H30N4O5. The number of benzene rings is 3. The molecule has 0 N–H and O–H groups in total. The minimum atomic E-state index is -0.588. The number of esters is 1. The topological polar surface area (TPSA) is 108 Å². The highest BCUT2D eigenvalue weighted by Crippen LogP contribution is 2.31. The molecule has 41 heavy (non-hydrogen) atoms. The summed E-state index contributed by atoms with van der Waals surface area (Å²) in [5, 5.41) is 18.4. The summed E-state index contributed by atoms with van der Waals surface area (Å²) in [6, 6.07) is 22.1. The molecule has 1 aliphatic heterocycles. The van der Waals surface area contributed by atoms with Crippen molar-refractivity contribution in [1.29, 1.82) is 5.26 Å². The second-order valence-corrected chi connectivity index (χ2v) is 9.63. The van der Waals surface area contributed by atoms with E-state index in [-0.39, 0.29) is 12.4 Å².